The number of hydrogen-bond acceptors (Lipinski definition) is 2. The number of amides is 2. The van der Waals surface area contributed by atoms with E-state index in [1.54, 1.807) is 6.07 Å². The van der Waals surface area contributed by atoms with Crippen molar-refractivity contribution in [1.29, 1.82) is 0 Å². The van der Waals surface area contributed by atoms with Gasteiger partial charge in [0.25, 0.3) is 0 Å². The number of halogens is 1. The molecule has 2 aromatic carbocycles. The van der Waals surface area contributed by atoms with Crippen molar-refractivity contribution in [3.05, 3.63) is 64.1 Å². The molecular formula is C17H17BrN2O2. The first kappa shape index (κ1) is 16.2. The second kappa shape index (κ2) is 7.22. The molecule has 2 rings (SSSR count). The van der Waals surface area contributed by atoms with Crippen LogP contribution in [0.25, 0.3) is 0 Å². The first-order valence-corrected chi connectivity index (χ1v) is 7.69. The second-order valence-corrected chi connectivity index (χ2v) is 5.93. The molecule has 0 heterocycles. The van der Waals surface area contributed by atoms with E-state index in [4.69, 9.17) is 0 Å². The first-order valence-electron chi connectivity index (χ1n) is 6.90. The molecule has 114 valence electrons. The molecule has 0 saturated heterocycles. The van der Waals surface area contributed by atoms with E-state index >= 15 is 0 Å². The Morgan fingerprint density at radius 2 is 1.73 bits per heavy atom. The van der Waals surface area contributed by atoms with E-state index in [0.717, 1.165) is 15.6 Å². The smallest absolute Gasteiger partial charge is 0.313 e. The summed E-state index contributed by atoms with van der Waals surface area (Å²) >= 11 is 3.36. The Balaban J connectivity index is 1.99. The molecule has 2 aromatic rings. The molecule has 0 spiro atoms. The van der Waals surface area contributed by atoms with Crippen molar-refractivity contribution in [2.24, 2.45) is 0 Å². The van der Waals surface area contributed by atoms with Crippen LogP contribution in [-0.2, 0) is 9.59 Å². The molecule has 0 aliphatic rings. The predicted octanol–water partition coefficient (Wildman–Crippen LogP) is 3.57. The molecule has 0 radical (unpaired) electrons. The summed E-state index contributed by atoms with van der Waals surface area (Å²) < 4.78 is 0.921. The van der Waals surface area contributed by atoms with Crippen LogP contribution in [0, 0.1) is 6.92 Å². The molecule has 22 heavy (non-hydrogen) atoms. The lowest BCUT2D eigenvalue weighted by molar-refractivity contribution is -0.136. The van der Waals surface area contributed by atoms with Crippen molar-refractivity contribution in [2.75, 3.05) is 5.32 Å². The van der Waals surface area contributed by atoms with Crippen molar-refractivity contribution < 1.29 is 9.59 Å². The zero-order valence-corrected chi connectivity index (χ0v) is 14.0. The van der Waals surface area contributed by atoms with Crippen molar-refractivity contribution in [1.82, 2.24) is 5.32 Å². The van der Waals surface area contributed by atoms with Crippen LogP contribution in [0.15, 0.2) is 53.0 Å². The Morgan fingerprint density at radius 3 is 2.36 bits per heavy atom. The summed E-state index contributed by atoms with van der Waals surface area (Å²) in [6.07, 6.45) is 0. The molecule has 5 heteroatoms. The minimum Gasteiger partial charge on any atom is -0.341 e. The molecule has 0 aliphatic heterocycles. The van der Waals surface area contributed by atoms with Gasteiger partial charge in [-0.1, -0.05) is 46.3 Å². The summed E-state index contributed by atoms with van der Waals surface area (Å²) in [7, 11) is 0. The van der Waals surface area contributed by atoms with Gasteiger partial charge in [0.15, 0.2) is 0 Å². The molecule has 2 amide bonds. The lowest BCUT2D eigenvalue weighted by atomic mass is 10.1. The Bertz CT molecular complexity index is 686. The third kappa shape index (κ3) is 4.18. The van der Waals surface area contributed by atoms with Gasteiger partial charge in [0.05, 0.1) is 6.04 Å². The first-order chi connectivity index (χ1) is 10.5. The summed E-state index contributed by atoms with van der Waals surface area (Å²) in [6, 6.07) is 14.7. The van der Waals surface area contributed by atoms with Crippen molar-refractivity contribution in [2.45, 2.75) is 19.9 Å². The summed E-state index contributed by atoms with van der Waals surface area (Å²) in [4.78, 5) is 24.0. The maximum absolute atomic E-state index is 12.0. The molecule has 0 fully saturated rings. The molecule has 4 nitrogen and oxygen atoms in total. The fourth-order valence-corrected chi connectivity index (χ4v) is 2.51. The molecule has 0 aliphatic carbocycles. The Morgan fingerprint density at radius 1 is 1.05 bits per heavy atom. The summed E-state index contributed by atoms with van der Waals surface area (Å²) in [5.41, 5.74) is 2.45. The van der Waals surface area contributed by atoms with Crippen LogP contribution in [0.4, 0.5) is 5.69 Å². The van der Waals surface area contributed by atoms with E-state index in [1.165, 1.54) is 0 Å². The van der Waals surface area contributed by atoms with E-state index in [9.17, 15) is 9.59 Å². The van der Waals surface area contributed by atoms with E-state index in [0.29, 0.717) is 5.69 Å². The van der Waals surface area contributed by atoms with E-state index < -0.39 is 11.8 Å². The highest BCUT2D eigenvalue weighted by Crippen LogP contribution is 2.20. The molecule has 1 atom stereocenters. The maximum atomic E-state index is 12.0. The van der Waals surface area contributed by atoms with Crippen LogP contribution in [0.3, 0.4) is 0 Å². The number of aryl methyl sites for hydroxylation is 1. The second-order valence-electron chi connectivity index (χ2n) is 5.02. The highest BCUT2D eigenvalue weighted by Gasteiger charge is 2.17. The number of benzene rings is 2. The third-order valence-electron chi connectivity index (χ3n) is 3.29. The van der Waals surface area contributed by atoms with Crippen LogP contribution < -0.4 is 10.6 Å². The van der Waals surface area contributed by atoms with Gasteiger partial charge in [-0.15, -0.1) is 0 Å². The van der Waals surface area contributed by atoms with Crippen LogP contribution >= 0.6 is 15.9 Å². The van der Waals surface area contributed by atoms with E-state index in [-0.39, 0.29) is 6.04 Å². The minimum absolute atomic E-state index is 0.231. The van der Waals surface area contributed by atoms with Gasteiger partial charge in [-0.2, -0.15) is 0 Å². The monoisotopic (exact) mass is 360 g/mol. The van der Waals surface area contributed by atoms with Gasteiger partial charge >= 0.3 is 11.8 Å². The van der Waals surface area contributed by atoms with Crippen LogP contribution in [-0.4, -0.2) is 11.8 Å². The van der Waals surface area contributed by atoms with Gasteiger partial charge in [-0.05, 0) is 43.2 Å². The van der Waals surface area contributed by atoms with Gasteiger partial charge in [0.1, 0.15) is 0 Å². The topological polar surface area (TPSA) is 58.2 Å². The summed E-state index contributed by atoms with van der Waals surface area (Å²) in [5, 5.41) is 5.31. The van der Waals surface area contributed by atoms with Gasteiger partial charge in [0, 0.05) is 10.2 Å². The summed E-state index contributed by atoms with van der Waals surface area (Å²) in [6.45, 7) is 3.70. The molecular weight excluding hydrogens is 344 g/mol. The zero-order valence-electron chi connectivity index (χ0n) is 12.4. The molecule has 0 saturated carbocycles. The standard InChI is InChI=1S/C17H17BrN2O2/c1-11-10-14(18)8-9-15(11)20-17(22)16(21)19-12(2)13-6-4-3-5-7-13/h3-10,12H,1-2H3,(H,19,21)(H,20,22)/t12-/m0/s1. The lowest BCUT2D eigenvalue weighted by Gasteiger charge is -2.14. The molecule has 0 unspecified atom stereocenters. The fraction of sp³-hybridized carbons (Fsp3) is 0.176. The average molecular weight is 361 g/mol. The van der Waals surface area contributed by atoms with Crippen LogP contribution in [0.2, 0.25) is 0 Å². The average Bonchev–Trinajstić information content (AvgIpc) is 2.50. The Labute approximate surface area is 138 Å². The Kier molecular flexibility index (Phi) is 5.33. The van der Waals surface area contributed by atoms with Crippen molar-refractivity contribution in [3.8, 4) is 0 Å². The molecule has 2 N–H and O–H groups in total. The maximum Gasteiger partial charge on any atom is 0.313 e. The van der Waals surface area contributed by atoms with Crippen LogP contribution in [0.1, 0.15) is 24.1 Å². The zero-order chi connectivity index (χ0) is 16.1. The summed E-state index contributed by atoms with van der Waals surface area (Å²) in [5.74, 6) is -1.33. The number of rotatable bonds is 3. The number of carbonyl (C=O) groups excluding carboxylic acids is 2. The van der Waals surface area contributed by atoms with Crippen molar-refractivity contribution in [3.63, 3.8) is 0 Å². The fourth-order valence-electron chi connectivity index (χ4n) is 2.03. The highest BCUT2D eigenvalue weighted by molar-refractivity contribution is 9.10. The number of hydrogen-bond donors (Lipinski definition) is 2. The highest BCUT2D eigenvalue weighted by atomic mass is 79.9. The number of nitrogens with one attached hydrogen (secondary N) is 2. The van der Waals surface area contributed by atoms with Gasteiger partial charge in [-0.3, -0.25) is 9.59 Å². The minimum atomic E-state index is -0.673. The number of carbonyl (C=O) groups is 2. The van der Waals surface area contributed by atoms with Gasteiger partial charge in [0.2, 0.25) is 0 Å². The predicted molar refractivity (Wildman–Crippen MR) is 90.5 cm³/mol. The van der Waals surface area contributed by atoms with E-state index in [1.807, 2.05) is 56.3 Å². The Hall–Kier alpha value is -2.14. The SMILES string of the molecule is Cc1cc(Br)ccc1NC(=O)C(=O)N[C@@H](C)c1ccccc1. The molecule has 0 bridgehead atoms. The largest absolute Gasteiger partial charge is 0.341 e. The number of anilines is 1. The van der Waals surface area contributed by atoms with Crippen LogP contribution in [0.5, 0.6) is 0 Å². The lowest BCUT2D eigenvalue weighted by Crippen LogP contribution is -2.37. The van der Waals surface area contributed by atoms with E-state index in [2.05, 4.69) is 26.6 Å². The normalized spacial score (nSPS) is 11.6. The third-order valence-corrected chi connectivity index (χ3v) is 3.78. The van der Waals surface area contributed by atoms with Crippen molar-refractivity contribution >= 4 is 33.4 Å². The quantitative estimate of drug-likeness (QED) is 0.822. The molecule has 0 aromatic heterocycles. The van der Waals surface area contributed by atoms with Gasteiger partial charge in [-0.25, -0.2) is 0 Å². The van der Waals surface area contributed by atoms with Gasteiger partial charge < -0.3 is 10.6 Å².